The predicted molar refractivity (Wildman–Crippen MR) is 26.6 cm³/mol. The summed E-state index contributed by atoms with van der Waals surface area (Å²) in [7, 11) is 0. The van der Waals surface area contributed by atoms with Crippen molar-refractivity contribution >= 4 is 17.8 Å². The first-order chi connectivity index (χ1) is 4.61. The van der Waals surface area contributed by atoms with Gasteiger partial charge in [-0.2, -0.15) is 0 Å². The van der Waals surface area contributed by atoms with Crippen LogP contribution < -0.4 is 10.6 Å². The molecular weight excluding hydrogens is 143 g/mol. The quantitative estimate of drug-likeness (QED) is 0.416. The molecule has 10 heavy (non-hydrogen) atoms. The van der Waals surface area contributed by atoms with Gasteiger partial charge < -0.3 is 0 Å². The minimum Gasteiger partial charge on any atom is -0.275 e. The van der Waals surface area contributed by atoms with Crippen LogP contribution in [-0.2, 0) is 9.59 Å². The molecule has 1 aliphatic rings. The van der Waals surface area contributed by atoms with E-state index in [2.05, 4.69) is 0 Å². The molecule has 1 heterocycles. The largest absolute Gasteiger partial charge is 0.328 e. The second-order valence-electron chi connectivity index (χ2n) is 1.67. The molecule has 0 aromatic carbocycles. The Morgan fingerprint density at radius 2 is 1.50 bits per heavy atom. The summed E-state index contributed by atoms with van der Waals surface area (Å²) in [6, 6.07) is -0.983. The summed E-state index contributed by atoms with van der Waals surface area (Å²) >= 11 is 0. The van der Waals surface area contributed by atoms with Crippen LogP contribution in [0.4, 0.5) is 9.18 Å². The van der Waals surface area contributed by atoms with E-state index in [0.717, 1.165) is 0 Å². The highest BCUT2D eigenvalue weighted by atomic mass is 19.1. The van der Waals surface area contributed by atoms with Crippen LogP contribution in [0.3, 0.4) is 0 Å². The van der Waals surface area contributed by atoms with Gasteiger partial charge in [-0.1, -0.05) is 0 Å². The van der Waals surface area contributed by atoms with Crippen LogP contribution in [0.1, 0.15) is 0 Å². The van der Waals surface area contributed by atoms with Crippen molar-refractivity contribution in [1.82, 2.24) is 10.6 Å². The van der Waals surface area contributed by atoms with Gasteiger partial charge >= 0.3 is 6.03 Å². The molecule has 0 atom stereocenters. The second-order valence-corrected chi connectivity index (χ2v) is 1.67. The fraction of sp³-hybridized carbons (Fsp3) is 0.250. The highest BCUT2D eigenvalue weighted by Crippen LogP contribution is 1.94. The molecule has 1 saturated heterocycles. The first kappa shape index (κ1) is 6.66. The molecule has 1 fully saturated rings. The number of barbiturate groups is 1. The number of imide groups is 2. The van der Waals surface area contributed by atoms with Crippen molar-refractivity contribution < 1.29 is 18.8 Å². The number of alkyl halides is 1. The highest BCUT2D eigenvalue weighted by molar-refractivity contribution is 6.18. The number of amides is 4. The lowest BCUT2D eigenvalue weighted by Crippen LogP contribution is -2.56. The molecule has 0 radical (unpaired) electrons. The standard InChI is InChI=1S/C4H3FN2O3/c5-1-2(8)6-4(10)7-3(1)9/h1H,(H2,6,7,8,9,10). The van der Waals surface area contributed by atoms with E-state index in [0.29, 0.717) is 0 Å². The molecule has 2 N–H and O–H groups in total. The van der Waals surface area contributed by atoms with Gasteiger partial charge in [0.05, 0.1) is 0 Å². The number of rotatable bonds is 0. The summed E-state index contributed by atoms with van der Waals surface area (Å²) in [5.41, 5.74) is 0. The van der Waals surface area contributed by atoms with E-state index in [1.807, 2.05) is 0 Å². The number of nitrogens with one attached hydrogen (secondary N) is 2. The number of urea groups is 1. The first-order valence-corrected chi connectivity index (χ1v) is 2.41. The maximum atomic E-state index is 12.2. The predicted octanol–water partition coefficient (Wildman–Crippen LogP) is -1.31. The number of halogens is 1. The number of hydrogen-bond donors (Lipinski definition) is 2. The van der Waals surface area contributed by atoms with Crippen molar-refractivity contribution in [1.29, 1.82) is 0 Å². The maximum absolute atomic E-state index is 12.2. The Balaban J connectivity index is 2.76. The Morgan fingerprint density at radius 1 is 1.10 bits per heavy atom. The Bertz CT molecular complexity index is 195. The minimum absolute atomic E-state index is 0.983. The smallest absolute Gasteiger partial charge is 0.275 e. The van der Waals surface area contributed by atoms with Gasteiger partial charge in [0.2, 0.25) is 0 Å². The Labute approximate surface area is 54.6 Å². The van der Waals surface area contributed by atoms with Crippen LogP contribution in [0.2, 0.25) is 0 Å². The minimum atomic E-state index is -2.27. The Morgan fingerprint density at radius 3 is 1.90 bits per heavy atom. The normalized spacial score (nSPS) is 20.3. The topological polar surface area (TPSA) is 75.3 Å². The van der Waals surface area contributed by atoms with E-state index >= 15 is 0 Å². The van der Waals surface area contributed by atoms with Gasteiger partial charge in [0, 0.05) is 0 Å². The average Bonchev–Trinajstić information content (AvgIpc) is 1.82. The lowest BCUT2D eigenvalue weighted by Gasteiger charge is -2.13. The van der Waals surface area contributed by atoms with Crippen molar-refractivity contribution in [3.63, 3.8) is 0 Å². The zero-order valence-electron chi connectivity index (χ0n) is 4.68. The zero-order valence-corrected chi connectivity index (χ0v) is 4.68. The molecule has 0 spiro atoms. The number of hydrogen-bond acceptors (Lipinski definition) is 3. The van der Waals surface area contributed by atoms with E-state index in [4.69, 9.17) is 0 Å². The van der Waals surface area contributed by atoms with Gasteiger partial charge in [0.15, 0.2) is 0 Å². The van der Waals surface area contributed by atoms with Gasteiger partial charge in [0.1, 0.15) is 0 Å². The fourth-order valence-electron chi connectivity index (χ4n) is 0.501. The summed E-state index contributed by atoms with van der Waals surface area (Å²) in [6.07, 6.45) is -2.27. The van der Waals surface area contributed by atoms with Crippen LogP contribution in [0, 0.1) is 0 Å². The second kappa shape index (κ2) is 2.05. The maximum Gasteiger partial charge on any atom is 0.328 e. The SMILES string of the molecule is O=C1NC(=O)C(F)C(=O)N1. The molecule has 1 aliphatic heterocycles. The first-order valence-electron chi connectivity index (χ1n) is 2.41. The third-order valence-corrected chi connectivity index (χ3v) is 0.934. The van der Waals surface area contributed by atoms with Gasteiger partial charge in [-0.05, 0) is 0 Å². The number of carbonyl (C=O) groups excluding carboxylic acids is 3. The van der Waals surface area contributed by atoms with E-state index in [9.17, 15) is 18.8 Å². The van der Waals surface area contributed by atoms with Crippen molar-refractivity contribution in [2.45, 2.75) is 6.17 Å². The van der Waals surface area contributed by atoms with Crippen LogP contribution in [-0.4, -0.2) is 24.0 Å². The summed E-state index contributed by atoms with van der Waals surface area (Å²) < 4.78 is 12.2. The van der Waals surface area contributed by atoms with E-state index in [-0.39, 0.29) is 0 Å². The van der Waals surface area contributed by atoms with Crippen molar-refractivity contribution in [3.05, 3.63) is 0 Å². The molecule has 0 aliphatic carbocycles. The number of carbonyl (C=O) groups is 3. The average molecular weight is 146 g/mol. The van der Waals surface area contributed by atoms with Crippen molar-refractivity contribution in [3.8, 4) is 0 Å². The fourth-order valence-corrected chi connectivity index (χ4v) is 0.501. The molecule has 0 bridgehead atoms. The van der Waals surface area contributed by atoms with E-state index in [1.165, 1.54) is 0 Å². The van der Waals surface area contributed by atoms with Crippen LogP contribution in [0.25, 0.3) is 0 Å². The zero-order chi connectivity index (χ0) is 7.72. The summed E-state index contributed by atoms with van der Waals surface area (Å²) in [4.78, 5) is 30.7. The monoisotopic (exact) mass is 146 g/mol. The lowest BCUT2D eigenvalue weighted by atomic mass is 10.3. The molecule has 0 unspecified atom stereocenters. The Hall–Kier alpha value is -1.46. The molecule has 54 valence electrons. The van der Waals surface area contributed by atoms with Gasteiger partial charge in [-0.15, -0.1) is 0 Å². The van der Waals surface area contributed by atoms with Crippen LogP contribution >= 0.6 is 0 Å². The molecular formula is C4H3FN2O3. The van der Waals surface area contributed by atoms with Crippen molar-refractivity contribution in [2.75, 3.05) is 0 Å². The third-order valence-electron chi connectivity index (χ3n) is 0.934. The van der Waals surface area contributed by atoms with Crippen molar-refractivity contribution in [2.24, 2.45) is 0 Å². The highest BCUT2D eigenvalue weighted by Gasteiger charge is 2.33. The molecule has 4 amide bonds. The summed E-state index contributed by atoms with van der Waals surface area (Å²) in [5.74, 6) is -2.43. The Kier molecular flexibility index (Phi) is 1.37. The van der Waals surface area contributed by atoms with Gasteiger partial charge in [0.25, 0.3) is 18.0 Å². The van der Waals surface area contributed by atoms with Gasteiger partial charge in [-0.3, -0.25) is 20.2 Å². The van der Waals surface area contributed by atoms with E-state index < -0.39 is 24.0 Å². The van der Waals surface area contributed by atoms with Gasteiger partial charge in [-0.25, -0.2) is 9.18 Å². The molecule has 1 rings (SSSR count). The molecule has 0 saturated carbocycles. The van der Waals surface area contributed by atoms with Crippen LogP contribution in [0.15, 0.2) is 0 Å². The summed E-state index contributed by atoms with van der Waals surface area (Å²) in [6.45, 7) is 0. The molecule has 0 aromatic heterocycles. The lowest BCUT2D eigenvalue weighted by molar-refractivity contribution is -0.137. The van der Waals surface area contributed by atoms with Crippen LogP contribution in [0.5, 0.6) is 0 Å². The molecule has 5 nitrogen and oxygen atoms in total. The third kappa shape index (κ3) is 0.949. The van der Waals surface area contributed by atoms with E-state index in [1.54, 1.807) is 10.6 Å². The molecule has 0 aromatic rings. The summed E-state index contributed by atoms with van der Waals surface area (Å²) in [5, 5.41) is 3.15. The molecule has 6 heteroatoms.